The van der Waals surface area contributed by atoms with Crippen molar-refractivity contribution in [2.45, 2.75) is 143 Å². The first-order valence-electron chi connectivity index (χ1n) is 17.2. The molecular weight excluding hydrogens is 532 g/mol. The van der Waals surface area contributed by atoms with Crippen molar-refractivity contribution in [1.29, 1.82) is 0 Å². The highest BCUT2D eigenvalue weighted by Crippen LogP contribution is 2.69. The molecule has 5 nitrogen and oxygen atoms in total. The van der Waals surface area contributed by atoms with E-state index in [1.807, 2.05) is 27.7 Å². The maximum atomic E-state index is 13.0. The maximum Gasteiger partial charge on any atom is 0.160 e. The molecule has 0 aromatic carbocycles. The van der Waals surface area contributed by atoms with Gasteiger partial charge in [0.05, 0.1) is 17.5 Å². The lowest BCUT2D eigenvalue weighted by Gasteiger charge is -2.64. The number of Topliss-reactive ketones (excluding diaryl/α,β-unsaturated/α-hetero) is 1. The number of fused-ring (bicyclic) bond motifs is 5. The molecule has 4 fully saturated rings. The van der Waals surface area contributed by atoms with Crippen LogP contribution in [0.4, 0.5) is 0 Å². The van der Waals surface area contributed by atoms with E-state index >= 15 is 0 Å². The predicted molar refractivity (Wildman–Crippen MR) is 167 cm³/mol. The fourth-order valence-corrected chi connectivity index (χ4v) is 14.2. The van der Waals surface area contributed by atoms with Crippen LogP contribution in [0.15, 0.2) is 0 Å². The maximum absolute atomic E-state index is 13.0. The molecule has 0 aliphatic heterocycles. The van der Waals surface area contributed by atoms with Crippen LogP contribution in [0.25, 0.3) is 0 Å². The van der Waals surface area contributed by atoms with Crippen molar-refractivity contribution in [2.75, 3.05) is 5.75 Å². The zero-order valence-corrected chi connectivity index (χ0v) is 28.3. The Labute approximate surface area is 251 Å². The third-order valence-electron chi connectivity index (χ3n) is 13.4. The van der Waals surface area contributed by atoms with Gasteiger partial charge >= 0.3 is 0 Å². The second-order valence-electron chi connectivity index (χ2n) is 16.3. The molecule has 6 heteroatoms. The van der Waals surface area contributed by atoms with Gasteiger partial charge in [-0.05, 0) is 115 Å². The van der Waals surface area contributed by atoms with Gasteiger partial charge in [0.2, 0.25) is 0 Å². The molecule has 0 heterocycles. The van der Waals surface area contributed by atoms with E-state index < -0.39 is 15.1 Å². The molecule has 0 unspecified atom stereocenters. The average Bonchev–Trinajstić information content (AvgIpc) is 3.21. The fraction of sp³-hybridized carbons (Fsp3) is 0.971. The van der Waals surface area contributed by atoms with Gasteiger partial charge in [0, 0.05) is 6.42 Å². The first-order valence-corrected chi connectivity index (χ1v) is 18.9. The van der Waals surface area contributed by atoms with Gasteiger partial charge in [-0.1, -0.05) is 68.2 Å². The third-order valence-corrected chi connectivity index (χ3v) is 16.0. The molecule has 0 aromatic rings. The summed E-state index contributed by atoms with van der Waals surface area (Å²) in [5, 5.41) is 22.0. The number of rotatable bonds is 11. The van der Waals surface area contributed by atoms with Crippen LogP contribution in [0.2, 0.25) is 0 Å². The molecule has 0 aromatic heterocycles. The van der Waals surface area contributed by atoms with Crippen molar-refractivity contribution in [2.24, 2.45) is 64.1 Å². The summed E-state index contributed by atoms with van der Waals surface area (Å²) in [6.07, 6.45) is 10.2. The zero-order chi connectivity index (χ0) is 30.5. The molecule has 238 valence electrons. The normalized spacial score (nSPS) is 41.8. The average molecular weight is 595 g/mol. The summed E-state index contributed by atoms with van der Waals surface area (Å²) in [7, 11) is -3.44. The minimum absolute atomic E-state index is 0.00689. The number of aliphatic hydroxyl groups excluding tert-OH is 2. The van der Waals surface area contributed by atoms with Gasteiger partial charge in [0.15, 0.2) is 9.84 Å². The smallest absolute Gasteiger partial charge is 0.160 e. The van der Waals surface area contributed by atoms with Crippen LogP contribution < -0.4 is 0 Å². The van der Waals surface area contributed by atoms with E-state index in [4.69, 9.17) is 0 Å². The van der Waals surface area contributed by atoms with E-state index in [9.17, 15) is 23.4 Å². The number of ketones is 1. The highest BCUT2D eigenvalue weighted by atomic mass is 32.2. The number of hydrogen-bond acceptors (Lipinski definition) is 5. The Kier molecular flexibility index (Phi) is 10.2. The van der Waals surface area contributed by atoms with E-state index in [0.717, 1.165) is 38.5 Å². The van der Waals surface area contributed by atoms with Gasteiger partial charge < -0.3 is 10.2 Å². The standard InChI is InChI=1S/C35H62O5S/c1-9-26-30-19-24(36)15-17-35(30,8)29-16-18-34(7)27(13-14-28(34)31(29)32(26)38)23(6)11-10-12-25(37)20-41(39,40)33(21(2)3)22(4)5/h21-24,26-33,36,38H,9-20H2,1-8H3/t23-,24-,26-,27-,28+,29+,30+,31+,32-,34-,35-/m1/s1. The van der Waals surface area contributed by atoms with Crippen molar-refractivity contribution in [1.82, 2.24) is 0 Å². The van der Waals surface area contributed by atoms with Gasteiger partial charge in [0.1, 0.15) is 11.5 Å². The first-order chi connectivity index (χ1) is 19.1. The SMILES string of the molecule is CC[C@H]1[C@@H](O)[C@@H]2[C@H](CC[C@]3(C)[C@@H]([C@H](C)CCCC(=O)CS(=O)(=O)C(C(C)C)C(C)C)CC[C@@H]23)[C@@]2(C)CC[C@@H](O)C[C@@H]12. The summed E-state index contributed by atoms with van der Waals surface area (Å²) in [5.41, 5.74) is 0.437. The summed E-state index contributed by atoms with van der Waals surface area (Å²) in [5.74, 6) is 2.79. The van der Waals surface area contributed by atoms with Gasteiger partial charge in [-0.2, -0.15) is 0 Å². The first kappa shape index (κ1) is 33.4. The molecule has 0 radical (unpaired) electrons. The summed E-state index contributed by atoms with van der Waals surface area (Å²) < 4.78 is 26.0. The molecule has 2 N–H and O–H groups in total. The van der Waals surface area contributed by atoms with E-state index in [1.54, 1.807) is 0 Å². The molecule has 4 saturated carbocycles. The minimum Gasteiger partial charge on any atom is -0.393 e. The second-order valence-corrected chi connectivity index (χ2v) is 18.4. The summed E-state index contributed by atoms with van der Waals surface area (Å²) in [6.45, 7) is 17.3. The molecular formula is C35H62O5S. The fourth-order valence-electron chi connectivity index (χ4n) is 11.7. The van der Waals surface area contributed by atoms with Gasteiger partial charge in [-0.15, -0.1) is 0 Å². The number of sulfone groups is 1. The van der Waals surface area contributed by atoms with Crippen LogP contribution in [-0.4, -0.2) is 47.6 Å². The molecule has 0 saturated heterocycles. The predicted octanol–water partition coefficient (Wildman–Crippen LogP) is 7.08. The molecule has 11 atom stereocenters. The number of carbonyl (C=O) groups excluding carboxylic acids is 1. The van der Waals surface area contributed by atoms with Crippen LogP contribution in [0.3, 0.4) is 0 Å². The highest BCUT2D eigenvalue weighted by molar-refractivity contribution is 7.92. The highest BCUT2D eigenvalue weighted by Gasteiger charge is 2.64. The van der Waals surface area contributed by atoms with Crippen LogP contribution in [0, 0.1) is 64.1 Å². The lowest BCUT2D eigenvalue weighted by molar-refractivity contribution is -0.203. The Morgan fingerprint density at radius 3 is 2.10 bits per heavy atom. The molecule has 0 spiro atoms. The zero-order valence-electron chi connectivity index (χ0n) is 27.4. The lowest BCUT2D eigenvalue weighted by Crippen LogP contribution is -2.62. The summed E-state index contributed by atoms with van der Waals surface area (Å²) in [4.78, 5) is 12.8. The molecule has 4 aliphatic carbocycles. The van der Waals surface area contributed by atoms with E-state index in [-0.39, 0.29) is 52.3 Å². The van der Waals surface area contributed by atoms with Crippen molar-refractivity contribution in [3.8, 4) is 0 Å². The Bertz CT molecular complexity index is 1010. The van der Waals surface area contributed by atoms with Crippen LogP contribution in [-0.2, 0) is 14.6 Å². The van der Waals surface area contributed by atoms with Crippen molar-refractivity contribution < 1.29 is 23.4 Å². The second kappa shape index (κ2) is 12.5. The van der Waals surface area contributed by atoms with Crippen LogP contribution in [0.5, 0.6) is 0 Å². The van der Waals surface area contributed by atoms with Crippen molar-refractivity contribution in [3.63, 3.8) is 0 Å². The summed E-state index contributed by atoms with van der Waals surface area (Å²) >= 11 is 0. The molecule has 4 rings (SSSR count). The molecule has 0 amide bonds. The summed E-state index contributed by atoms with van der Waals surface area (Å²) in [6, 6.07) is 0. The minimum atomic E-state index is -3.44. The largest absolute Gasteiger partial charge is 0.393 e. The number of hydrogen-bond donors (Lipinski definition) is 2. The quantitative estimate of drug-likeness (QED) is 0.267. The molecule has 41 heavy (non-hydrogen) atoms. The van der Waals surface area contributed by atoms with Gasteiger partial charge in [-0.3, -0.25) is 4.79 Å². The van der Waals surface area contributed by atoms with E-state index in [2.05, 4.69) is 27.7 Å². The lowest BCUT2D eigenvalue weighted by atomic mass is 9.41. The third kappa shape index (κ3) is 6.10. The Hall–Kier alpha value is -0.460. The Morgan fingerprint density at radius 2 is 1.49 bits per heavy atom. The Balaban J connectivity index is 1.40. The van der Waals surface area contributed by atoms with E-state index in [0.29, 0.717) is 41.9 Å². The van der Waals surface area contributed by atoms with Gasteiger partial charge in [-0.25, -0.2) is 8.42 Å². The van der Waals surface area contributed by atoms with Crippen LogP contribution >= 0.6 is 0 Å². The topological polar surface area (TPSA) is 91.7 Å². The Morgan fingerprint density at radius 1 is 0.878 bits per heavy atom. The van der Waals surface area contributed by atoms with Crippen LogP contribution in [0.1, 0.15) is 126 Å². The molecule has 0 bridgehead atoms. The monoisotopic (exact) mass is 594 g/mol. The molecule has 4 aliphatic rings. The van der Waals surface area contributed by atoms with E-state index in [1.165, 1.54) is 25.7 Å². The number of aliphatic hydroxyl groups is 2. The van der Waals surface area contributed by atoms with Crippen molar-refractivity contribution in [3.05, 3.63) is 0 Å². The van der Waals surface area contributed by atoms with Crippen molar-refractivity contribution >= 4 is 15.6 Å². The number of carbonyl (C=O) groups is 1. The van der Waals surface area contributed by atoms with Gasteiger partial charge in [0.25, 0.3) is 0 Å².